The minimum Gasteiger partial charge on any atom is -0.466 e. The maximum Gasteiger partial charge on any atom is 0.316 e. The van der Waals surface area contributed by atoms with E-state index < -0.39 is 16.4 Å². The minimum absolute atomic E-state index is 0.0682. The first kappa shape index (κ1) is 22.1. The number of fused-ring (bicyclic) bond motifs is 4. The van der Waals surface area contributed by atoms with Crippen LogP contribution in [0.2, 0.25) is 0 Å². The molecule has 170 valence electrons. The zero-order valence-electron chi connectivity index (χ0n) is 19.5. The zero-order valence-corrected chi connectivity index (χ0v) is 19.5. The molecule has 0 saturated heterocycles. The highest BCUT2D eigenvalue weighted by atomic mass is 16.5. The standard InChI is InChI=1S/C25H40O5/c1-6-29-19(26)16-24(20(27)30-7-2,23-12-8-17(14-23)9-13-23)25(28)15-18-10-11-22(25,5)21(18,3)4/h17-18,28H,6-16H2,1-5H3. The highest BCUT2D eigenvalue weighted by molar-refractivity contribution is 5.86. The van der Waals surface area contributed by atoms with Gasteiger partial charge in [-0.2, -0.15) is 0 Å². The van der Waals surface area contributed by atoms with Gasteiger partial charge in [0, 0.05) is 5.41 Å². The van der Waals surface area contributed by atoms with E-state index in [1.54, 1.807) is 6.92 Å². The average molecular weight is 421 g/mol. The predicted octanol–water partition coefficient (Wildman–Crippen LogP) is 4.65. The highest BCUT2D eigenvalue weighted by Gasteiger charge is 2.81. The van der Waals surface area contributed by atoms with E-state index in [0.29, 0.717) is 18.3 Å². The maximum atomic E-state index is 14.0. The molecule has 0 spiro atoms. The first-order valence-corrected chi connectivity index (χ1v) is 12.1. The summed E-state index contributed by atoms with van der Waals surface area (Å²) < 4.78 is 11.1. The fourth-order valence-corrected chi connectivity index (χ4v) is 8.63. The van der Waals surface area contributed by atoms with Gasteiger partial charge in [-0.3, -0.25) is 9.59 Å². The van der Waals surface area contributed by atoms with Crippen LogP contribution < -0.4 is 0 Å². The number of carbonyl (C=O) groups is 2. The third-order valence-corrected chi connectivity index (χ3v) is 10.6. The molecule has 4 bridgehead atoms. The lowest BCUT2D eigenvalue weighted by atomic mass is 9.45. The Morgan fingerprint density at radius 1 is 0.967 bits per heavy atom. The van der Waals surface area contributed by atoms with Gasteiger partial charge in [0.15, 0.2) is 0 Å². The van der Waals surface area contributed by atoms with Crippen LogP contribution in [0, 0.1) is 33.5 Å². The summed E-state index contributed by atoms with van der Waals surface area (Å²) in [6.45, 7) is 10.8. The lowest BCUT2D eigenvalue weighted by molar-refractivity contribution is -0.239. The summed E-state index contributed by atoms with van der Waals surface area (Å²) in [7, 11) is 0. The SMILES string of the molecule is CCOC(=O)CC(C(=O)OCC)(C12CCC(CC1)C2)C1(O)CC2CCC1(C)C2(C)C. The number of carbonyl (C=O) groups excluding carboxylic acids is 2. The quantitative estimate of drug-likeness (QED) is 0.607. The minimum atomic E-state index is -1.27. The van der Waals surface area contributed by atoms with Gasteiger partial charge in [-0.05, 0) is 87.9 Å². The van der Waals surface area contributed by atoms with Crippen LogP contribution >= 0.6 is 0 Å². The van der Waals surface area contributed by atoms with Crippen molar-refractivity contribution in [1.82, 2.24) is 0 Å². The Balaban J connectivity index is 1.93. The largest absolute Gasteiger partial charge is 0.466 e. The summed E-state index contributed by atoms with van der Waals surface area (Å²) >= 11 is 0. The van der Waals surface area contributed by atoms with Crippen LogP contribution in [0.25, 0.3) is 0 Å². The molecule has 1 N–H and O–H groups in total. The number of esters is 2. The summed E-state index contributed by atoms with van der Waals surface area (Å²) in [5, 5.41) is 12.8. The van der Waals surface area contributed by atoms with E-state index in [9.17, 15) is 14.7 Å². The summed E-state index contributed by atoms with van der Waals surface area (Å²) in [5.41, 5.74) is -3.44. The van der Waals surface area contributed by atoms with E-state index in [-0.39, 0.29) is 42.4 Å². The topological polar surface area (TPSA) is 72.8 Å². The molecule has 0 heterocycles. The molecule has 4 rings (SSSR count). The van der Waals surface area contributed by atoms with Gasteiger partial charge in [0.25, 0.3) is 0 Å². The number of hydrogen-bond donors (Lipinski definition) is 1. The van der Waals surface area contributed by atoms with E-state index in [2.05, 4.69) is 20.8 Å². The lowest BCUT2D eigenvalue weighted by Crippen LogP contribution is -2.68. The second-order valence-corrected chi connectivity index (χ2v) is 11.4. The Labute approximate surface area is 181 Å². The Kier molecular flexibility index (Phi) is 5.12. The number of hydrogen-bond acceptors (Lipinski definition) is 5. The molecule has 30 heavy (non-hydrogen) atoms. The van der Waals surface area contributed by atoms with E-state index in [1.165, 1.54) is 0 Å². The molecule has 4 unspecified atom stereocenters. The average Bonchev–Trinajstić information content (AvgIpc) is 3.38. The molecule has 4 aliphatic rings. The lowest BCUT2D eigenvalue weighted by Gasteiger charge is -2.60. The zero-order chi connectivity index (χ0) is 22.0. The predicted molar refractivity (Wildman–Crippen MR) is 114 cm³/mol. The summed E-state index contributed by atoms with van der Waals surface area (Å²) in [4.78, 5) is 27.0. The van der Waals surface area contributed by atoms with Gasteiger partial charge in [0.1, 0.15) is 5.41 Å². The summed E-state index contributed by atoms with van der Waals surface area (Å²) in [6, 6.07) is 0. The Morgan fingerprint density at radius 2 is 1.60 bits per heavy atom. The smallest absolute Gasteiger partial charge is 0.316 e. The van der Waals surface area contributed by atoms with E-state index >= 15 is 0 Å². The Hall–Kier alpha value is -1.10. The second kappa shape index (κ2) is 6.95. The molecule has 5 heteroatoms. The van der Waals surface area contributed by atoms with Gasteiger partial charge in [-0.1, -0.05) is 20.8 Å². The van der Waals surface area contributed by atoms with Crippen molar-refractivity contribution in [3.8, 4) is 0 Å². The van der Waals surface area contributed by atoms with Crippen LogP contribution in [-0.4, -0.2) is 35.9 Å². The monoisotopic (exact) mass is 420 g/mol. The van der Waals surface area contributed by atoms with Crippen molar-refractivity contribution in [3.05, 3.63) is 0 Å². The van der Waals surface area contributed by atoms with Crippen LogP contribution in [-0.2, 0) is 19.1 Å². The molecular weight excluding hydrogens is 380 g/mol. The summed E-state index contributed by atoms with van der Waals surface area (Å²) in [6.07, 6.45) is 7.29. The van der Waals surface area contributed by atoms with E-state index in [0.717, 1.165) is 44.9 Å². The fourth-order valence-electron chi connectivity index (χ4n) is 8.63. The van der Waals surface area contributed by atoms with Crippen LogP contribution in [0.1, 0.15) is 92.4 Å². The van der Waals surface area contributed by atoms with Crippen LogP contribution in [0.3, 0.4) is 0 Å². The van der Waals surface area contributed by atoms with Crippen molar-refractivity contribution in [3.63, 3.8) is 0 Å². The molecule has 4 atom stereocenters. The van der Waals surface area contributed by atoms with Crippen molar-refractivity contribution in [2.75, 3.05) is 13.2 Å². The normalized spacial score (nSPS) is 42.9. The molecule has 4 aliphatic carbocycles. The fraction of sp³-hybridized carbons (Fsp3) is 0.920. The summed E-state index contributed by atoms with van der Waals surface area (Å²) in [5.74, 6) is 0.183. The van der Waals surface area contributed by atoms with Crippen molar-refractivity contribution < 1.29 is 24.2 Å². The van der Waals surface area contributed by atoms with Gasteiger partial charge in [0.05, 0.1) is 25.2 Å². The van der Waals surface area contributed by atoms with Crippen LogP contribution in [0.4, 0.5) is 0 Å². The Bertz CT molecular complexity index is 721. The highest BCUT2D eigenvalue weighted by Crippen LogP contribution is 2.79. The van der Waals surface area contributed by atoms with Gasteiger partial charge in [-0.25, -0.2) is 0 Å². The van der Waals surface area contributed by atoms with E-state index in [4.69, 9.17) is 9.47 Å². The molecule has 4 fully saturated rings. The molecule has 0 radical (unpaired) electrons. The molecule has 0 aromatic heterocycles. The van der Waals surface area contributed by atoms with Crippen molar-refractivity contribution in [2.45, 2.75) is 98.0 Å². The molecular formula is C25H40O5. The molecule has 4 saturated carbocycles. The number of aliphatic hydroxyl groups is 1. The van der Waals surface area contributed by atoms with Crippen molar-refractivity contribution in [1.29, 1.82) is 0 Å². The number of ether oxygens (including phenoxy) is 2. The van der Waals surface area contributed by atoms with E-state index in [1.807, 2.05) is 6.92 Å². The third kappa shape index (κ3) is 2.45. The third-order valence-electron chi connectivity index (χ3n) is 10.6. The molecule has 0 aromatic rings. The molecule has 0 aliphatic heterocycles. The maximum absolute atomic E-state index is 14.0. The molecule has 5 nitrogen and oxygen atoms in total. The molecule has 0 aromatic carbocycles. The van der Waals surface area contributed by atoms with Crippen LogP contribution in [0.15, 0.2) is 0 Å². The first-order valence-electron chi connectivity index (χ1n) is 12.1. The first-order chi connectivity index (χ1) is 14.0. The van der Waals surface area contributed by atoms with Crippen molar-refractivity contribution >= 4 is 11.9 Å². The van der Waals surface area contributed by atoms with Gasteiger partial charge in [-0.15, -0.1) is 0 Å². The number of rotatable bonds is 7. The van der Waals surface area contributed by atoms with Gasteiger partial charge < -0.3 is 14.6 Å². The Morgan fingerprint density at radius 3 is 2.03 bits per heavy atom. The van der Waals surface area contributed by atoms with Crippen molar-refractivity contribution in [2.24, 2.45) is 33.5 Å². The molecule has 0 amide bonds. The van der Waals surface area contributed by atoms with Crippen LogP contribution in [0.5, 0.6) is 0 Å². The van der Waals surface area contributed by atoms with Gasteiger partial charge >= 0.3 is 11.9 Å². The van der Waals surface area contributed by atoms with Gasteiger partial charge in [0.2, 0.25) is 0 Å². The second-order valence-electron chi connectivity index (χ2n) is 11.4.